The minimum atomic E-state index is 0.443. The van der Waals surface area contributed by atoms with Crippen molar-refractivity contribution in [3.63, 3.8) is 0 Å². The van der Waals surface area contributed by atoms with Crippen LogP contribution in [0.4, 0.5) is 0 Å². The number of aryl methyl sites for hydroxylation is 2. The van der Waals surface area contributed by atoms with Crippen LogP contribution < -0.4 is 0 Å². The molecular formula is C12H12N4O3S. The van der Waals surface area contributed by atoms with Crippen molar-refractivity contribution in [1.29, 1.82) is 0 Å². The van der Waals surface area contributed by atoms with Crippen molar-refractivity contribution in [3.8, 4) is 11.5 Å². The van der Waals surface area contributed by atoms with E-state index in [1.54, 1.807) is 12.3 Å². The second-order valence-corrected chi connectivity index (χ2v) is 4.92. The number of hydrogen-bond acceptors (Lipinski definition) is 8. The second-order valence-electron chi connectivity index (χ2n) is 4.00. The second kappa shape index (κ2) is 5.49. The van der Waals surface area contributed by atoms with Crippen molar-refractivity contribution < 1.29 is 13.3 Å². The van der Waals surface area contributed by atoms with Gasteiger partial charge in [-0.2, -0.15) is 0 Å². The molecule has 3 heterocycles. The summed E-state index contributed by atoms with van der Waals surface area (Å²) in [4.78, 5) is 0. The van der Waals surface area contributed by atoms with Crippen molar-refractivity contribution in [1.82, 2.24) is 20.4 Å². The van der Waals surface area contributed by atoms with Crippen LogP contribution in [0.5, 0.6) is 0 Å². The van der Waals surface area contributed by atoms with E-state index in [4.69, 9.17) is 13.3 Å². The zero-order valence-corrected chi connectivity index (χ0v) is 11.8. The minimum absolute atomic E-state index is 0.443. The molecule has 104 valence electrons. The molecule has 0 bridgehead atoms. The molecular weight excluding hydrogens is 280 g/mol. The molecule has 8 heteroatoms. The highest BCUT2D eigenvalue weighted by Gasteiger charge is 2.14. The zero-order chi connectivity index (χ0) is 13.9. The number of hydrogen-bond donors (Lipinski definition) is 0. The summed E-state index contributed by atoms with van der Waals surface area (Å²) in [5, 5.41) is 16.2. The largest absolute Gasteiger partial charge is 0.469 e. The number of thioether (sulfide) groups is 1. The Kier molecular flexibility index (Phi) is 3.55. The Bertz CT molecular complexity index is 703. The fraction of sp³-hybridized carbons (Fsp3) is 0.333. The lowest BCUT2D eigenvalue weighted by molar-refractivity contribution is 0.457. The third kappa shape index (κ3) is 2.60. The van der Waals surface area contributed by atoms with E-state index in [0.717, 1.165) is 17.7 Å². The van der Waals surface area contributed by atoms with Gasteiger partial charge in [0, 0.05) is 6.42 Å². The number of furan rings is 1. The molecule has 0 unspecified atom stereocenters. The Balaban J connectivity index is 1.67. The highest BCUT2D eigenvalue weighted by atomic mass is 32.2. The third-order valence-electron chi connectivity index (χ3n) is 2.63. The fourth-order valence-corrected chi connectivity index (χ4v) is 2.20. The van der Waals surface area contributed by atoms with Crippen molar-refractivity contribution >= 4 is 11.8 Å². The van der Waals surface area contributed by atoms with Gasteiger partial charge in [0.05, 0.1) is 17.6 Å². The van der Waals surface area contributed by atoms with Gasteiger partial charge in [-0.25, -0.2) is 0 Å². The van der Waals surface area contributed by atoms with E-state index < -0.39 is 0 Å². The van der Waals surface area contributed by atoms with Gasteiger partial charge in [0.1, 0.15) is 5.76 Å². The summed E-state index contributed by atoms with van der Waals surface area (Å²) in [5.41, 5.74) is 0.801. The molecule has 0 aliphatic heterocycles. The molecule has 3 aromatic rings. The number of rotatable bonds is 5. The maximum absolute atomic E-state index is 5.55. The normalized spacial score (nSPS) is 11.1. The lowest BCUT2D eigenvalue weighted by Gasteiger charge is -1.91. The van der Waals surface area contributed by atoms with Crippen LogP contribution in [-0.2, 0) is 12.2 Å². The standard InChI is InChI=1S/C12H12N4O3S/c1-3-9-13-14-10(18-9)6-20-12-16-15-11(19-12)8-4-5-17-7(8)2/h4-5H,3,6H2,1-2H3. The van der Waals surface area contributed by atoms with Gasteiger partial charge in [-0.3, -0.25) is 0 Å². The predicted molar refractivity (Wildman–Crippen MR) is 70.0 cm³/mol. The summed E-state index contributed by atoms with van der Waals surface area (Å²) in [6.45, 7) is 3.80. The van der Waals surface area contributed by atoms with E-state index in [2.05, 4.69) is 20.4 Å². The van der Waals surface area contributed by atoms with E-state index in [0.29, 0.717) is 28.6 Å². The topological polar surface area (TPSA) is 91.0 Å². The van der Waals surface area contributed by atoms with Crippen LogP contribution in [0.15, 0.2) is 30.8 Å². The van der Waals surface area contributed by atoms with Gasteiger partial charge in [-0.1, -0.05) is 18.7 Å². The summed E-state index contributed by atoms with van der Waals surface area (Å²) in [5.74, 6) is 2.86. The van der Waals surface area contributed by atoms with Crippen molar-refractivity contribution in [3.05, 3.63) is 29.9 Å². The molecule has 0 fully saturated rings. The van der Waals surface area contributed by atoms with Crippen molar-refractivity contribution in [2.24, 2.45) is 0 Å². The van der Waals surface area contributed by atoms with Gasteiger partial charge in [0.15, 0.2) is 0 Å². The zero-order valence-electron chi connectivity index (χ0n) is 11.0. The first-order valence-corrected chi connectivity index (χ1v) is 7.07. The average molecular weight is 292 g/mol. The summed E-state index contributed by atoms with van der Waals surface area (Å²) in [6, 6.07) is 1.79. The van der Waals surface area contributed by atoms with Gasteiger partial charge < -0.3 is 13.3 Å². The average Bonchev–Trinajstić information content (AvgIpc) is 3.16. The van der Waals surface area contributed by atoms with Crippen molar-refractivity contribution in [2.75, 3.05) is 0 Å². The van der Waals surface area contributed by atoms with E-state index in [1.807, 2.05) is 13.8 Å². The maximum Gasteiger partial charge on any atom is 0.277 e. The van der Waals surface area contributed by atoms with E-state index in [9.17, 15) is 0 Å². The Hall–Kier alpha value is -2.09. The molecule has 3 aromatic heterocycles. The monoisotopic (exact) mass is 292 g/mol. The summed E-state index contributed by atoms with van der Waals surface area (Å²) in [7, 11) is 0. The molecule has 0 aromatic carbocycles. The van der Waals surface area contributed by atoms with Crippen LogP contribution in [0.25, 0.3) is 11.5 Å². The fourth-order valence-electron chi connectivity index (χ4n) is 1.60. The van der Waals surface area contributed by atoms with Crippen LogP contribution in [0.2, 0.25) is 0 Å². The Morgan fingerprint density at radius 1 is 1.10 bits per heavy atom. The Morgan fingerprint density at radius 3 is 2.65 bits per heavy atom. The van der Waals surface area contributed by atoms with Gasteiger partial charge in [-0.15, -0.1) is 20.4 Å². The van der Waals surface area contributed by atoms with Gasteiger partial charge in [0.25, 0.3) is 11.1 Å². The molecule has 3 rings (SSSR count). The van der Waals surface area contributed by atoms with Gasteiger partial charge in [0.2, 0.25) is 11.8 Å². The quantitative estimate of drug-likeness (QED) is 0.663. The minimum Gasteiger partial charge on any atom is -0.469 e. The van der Waals surface area contributed by atoms with Crippen molar-refractivity contribution in [2.45, 2.75) is 31.2 Å². The summed E-state index contributed by atoms with van der Waals surface area (Å²) >= 11 is 1.35. The Morgan fingerprint density at radius 2 is 1.95 bits per heavy atom. The van der Waals surface area contributed by atoms with E-state index in [1.165, 1.54) is 11.8 Å². The van der Waals surface area contributed by atoms with Crippen LogP contribution in [0.1, 0.15) is 24.5 Å². The van der Waals surface area contributed by atoms with Gasteiger partial charge >= 0.3 is 0 Å². The molecule has 0 aliphatic rings. The van der Waals surface area contributed by atoms with Crippen LogP contribution >= 0.6 is 11.8 Å². The summed E-state index contributed by atoms with van der Waals surface area (Å²) < 4.78 is 16.2. The smallest absolute Gasteiger partial charge is 0.277 e. The van der Waals surface area contributed by atoms with Gasteiger partial charge in [-0.05, 0) is 13.0 Å². The van der Waals surface area contributed by atoms with Crippen LogP contribution in [0.3, 0.4) is 0 Å². The molecule has 0 radical (unpaired) electrons. The molecule has 0 saturated carbocycles. The highest BCUT2D eigenvalue weighted by Crippen LogP contribution is 2.27. The number of nitrogens with zero attached hydrogens (tertiary/aromatic N) is 4. The molecule has 7 nitrogen and oxygen atoms in total. The summed E-state index contributed by atoms with van der Waals surface area (Å²) in [6.07, 6.45) is 2.31. The molecule has 0 N–H and O–H groups in total. The third-order valence-corrected chi connectivity index (χ3v) is 3.43. The van der Waals surface area contributed by atoms with Crippen LogP contribution in [0, 0.1) is 6.92 Å². The first-order valence-electron chi connectivity index (χ1n) is 6.08. The molecule has 0 spiro atoms. The Labute approximate surface area is 118 Å². The SMILES string of the molecule is CCc1nnc(CSc2nnc(-c3ccoc3C)o2)o1. The highest BCUT2D eigenvalue weighted by molar-refractivity contribution is 7.98. The molecule has 0 atom stereocenters. The lowest BCUT2D eigenvalue weighted by Crippen LogP contribution is -1.80. The lowest BCUT2D eigenvalue weighted by atomic mass is 10.3. The molecule has 0 aliphatic carbocycles. The first kappa shape index (κ1) is 12.9. The number of aromatic nitrogens is 4. The maximum atomic E-state index is 5.55. The predicted octanol–water partition coefficient (Wildman–Crippen LogP) is 2.88. The molecule has 0 amide bonds. The molecule has 0 saturated heterocycles. The first-order chi connectivity index (χ1) is 9.76. The van der Waals surface area contributed by atoms with E-state index in [-0.39, 0.29) is 0 Å². The van der Waals surface area contributed by atoms with Crippen LogP contribution in [-0.4, -0.2) is 20.4 Å². The molecule has 20 heavy (non-hydrogen) atoms. The van der Waals surface area contributed by atoms with E-state index >= 15 is 0 Å².